The van der Waals surface area contributed by atoms with E-state index in [1.807, 2.05) is 31.3 Å². The average molecular weight is 296 g/mol. The lowest BCUT2D eigenvalue weighted by molar-refractivity contribution is 0.665. The zero-order valence-corrected chi connectivity index (χ0v) is 12.2. The van der Waals surface area contributed by atoms with Crippen molar-refractivity contribution in [3.05, 3.63) is 45.7 Å². The summed E-state index contributed by atoms with van der Waals surface area (Å²) >= 11 is 12.4. The second kappa shape index (κ2) is 5.16. The SMILES string of the molecule is Cc1cc(Cl)c(-n2ccc(CNC3CC3)n2)cc1Cl. The van der Waals surface area contributed by atoms with Gasteiger partial charge in [-0.05, 0) is 43.5 Å². The fraction of sp³-hybridized carbons (Fsp3) is 0.357. The first kappa shape index (κ1) is 13.0. The van der Waals surface area contributed by atoms with Crippen LogP contribution in [-0.2, 0) is 6.54 Å². The fourth-order valence-corrected chi connectivity index (χ4v) is 2.40. The lowest BCUT2D eigenvalue weighted by Gasteiger charge is -2.07. The van der Waals surface area contributed by atoms with Gasteiger partial charge in [-0.1, -0.05) is 23.2 Å². The van der Waals surface area contributed by atoms with E-state index >= 15 is 0 Å². The van der Waals surface area contributed by atoms with Crippen LogP contribution in [0.5, 0.6) is 0 Å². The Kier molecular flexibility index (Phi) is 3.52. The van der Waals surface area contributed by atoms with Gasteiger partial charge in [-0.25, -0.2) is 4.68 Å². The highest BCUT2D eigenvalue weighted by Gasteiger charge is 2.20. The molecule has 0 atom stereocenters. The van der Waals surface area contributed by atoms with E-state index < -0.39 is 0 Å². The van der Waals surface area contributed by atoms with Gasteiger partial charge in [-0.2, -0.15) is 5.10 Å². The van der Waals surface area contributed by atoms with E-state index in [0.29, 0.717) is 16.1 Å². The number of hydrogen-bond donors (Lipinski definition) is 1. The monoisotopic (exact) mass is 295 g/mol. The van der Waals surface area contributed by atoms with Gasteiger partial charge in [0.15, 0.2) is 0 Å². The third kappa shape index (κ3) is 2.94. The molecule has 0 spiro atoms. The number of aryl methyl sites for hydroxylation is 1. The molecule has 1 saturated carbocycles. The molecule has 19 heavy (non-hydrogen) atoms. The van der Waals surface area contributed by atoms with Crippen LogP contribution in [0.15, 0.2) is 24.4 Å². The zero-order chi connectivity index (χ0) is 13.4. The highest BCUT2D eigenvalue weighted by Crippen LogP contribution is 2.27. The Balaban J connectivity index is 1.83. The van der Waals surface area contributed by atoms with E-state index in [2.05, 4.69) is 10.4 Å². The molecule has 0 amide bonds. The fourth-order valence-electron chi connectivity index (χ4n) is 1.94. The maximum absolute atomic E-state index is 6.25. The third-order valence-corrected chi connectivity index (χ3v) is 3.98. The van der Waals surface area contributed by atoms with Gasteiger partial charge >= 0.3 is 0 Å². The molecule has 1 fully saturated rings. The summed E-state index contributed by atoms with van der Waals surface area (Å²) in [6, 6.07) is 6.40. The van der Waals surface area contributed by atoms with Crippen molar-refractivity contribution in [3.8, 4) is 5.69 Å². The highest BCUT2D eigenvalue weighted by molar-refractivity contribution is 6.35. The van der Waals surface area contributed by atoms with Crippen molar-refractivity contribution in [3.63, 3.8) is 0 Å². The van der Waals surface area contributed by atoms with Crippen molar-refractivity contribution < 1.29 is 0 Å². The van der Waals surface area contributed by atoms with Crippen LogP contribution in [0.25, 0.3) is 5.69 Å². The molecular formula is C14H15Cl2N3. The summed E-state index contributed by atoms with van der Waals surface area (Å²) in [5, 5.41) is 9.32. The first-order valence-electron chi connectivity index (χ1n) is 6.37. The second-order valence-electron chi connectivity index (χ2n) is 4.96. The summed E-state index contributed by atoms with van der Waals surface area (Å²) in [5.41, 5.74) is 2.80. The summed E-state index contributed by atoms with van der Waals surface area (Å²) in [4.78, 5) is 0. The molecule has 1 aromatic carbocycles. The van der Waals surface area contributed by atoms with Crippen LogP contribution in [-0.4, -0.2) is 15.8 Å². The lowest BCUT2D eigenvalue weighted by atomic mass is 10.2. The number of benzene rings is 1. The molecule has 2 aromatic rings. The van der Waals surface area contributed by atoms with Crippen LogP contribution in [0.4, 0.5) is 0 Å². The summed E-state index contributed by atoms with van der Waals surface area (Å²) in [5.74, 6) is 0. The minimum absolute atomic E-state index is 0.659. The Morgan fingerprint density at radius 1 is 1.32 bits per heavy atom. The standard InChI is InChI=1S/C14H15Cl2N3/c1-9-6-13(16)14(7-12(9)15)19-5-4-11(18-19)8-17-10-2-3-10/h4-7,10,17H,2-3,8H2,1H3. The molecule has 0 saturated heterocycles. The maximum atomic E-state index is 6.25. The Hall–Kier alpha value is -1.03. The van der Waals surface area contributed by atoms with Crippen LogP contribution in [0, 0.1) is 6.92 Å². The molecule has 100 valence electrons. The predicted octanol–water partition coefficient (Wildman–Crippen LogP) is 3.74. The van der Waals surface area contributed by atoms with E-state index in [-0.39, 0.29) is 0 Å². The van der Waals surface area contributed by atoms with Crippen molar-refractivity contribution in [1.82, 2.24) is 15.1 Å². The number of nitrogens with one attached hydrogen (secondary N) is 1. The molecular weight excluding hydrogens is 281 g/mol. The van der Waals surface area contributed by atoms with Gasteiger partial charge in [-0.3, -0.25) is 0 Å². The Bertz CT molecular complexity index is 603. The van der Waals surface area contributed by atoms with Crippen LogP contribution in [0.3, 0.4) is 0 Å². The highest BCUT2D eigenvalue weighted by atomic mass is 35.5. The Morgan fingerprint density at radius 2 is 2.11 bits per heavy atom. The normalized spacial score (nSPS) is 14.9. The van der Waals surface area contributed by atoms with Gasteiger partial charge < -0.3 is 5.32 Å². The van der Waals surface area contributed by atoms with Gasteiger partial charge in [0.25, 0.3) is 0 Å². The Morgan fingerprint density at radius 3 is 2.84 bits per heavy atom. The van der Waals surface area contributed by atoms with E-state index in [4.69, 9.17) is 23.2 Å². The average Bonchev–Trinajstić information content (AvgIpc) is 3.09. The summed E-state index contributed by atoms with van der Waals surface area (Å²) in [7, 11) is 0. The van der Waals surface area contributed by atoms with Gasteiger partial charge in [0.1, 0.15) is 0 Å². The molecule has 5 heteroatoms. The molecule has 0 radical (unpaired) electrons. The molecule has 1 aliphatic rings. The summed E-state index contributed by atoms with van der Waals surface area (Å²) < 4.78 is 1.78. The molecule has 3 nitrogen and oxygen atoms in total. The molecule has 1 N–H and O–H groups in total. The second-order valence-corrected chi connectivity index (χ2v) is 5.77. The minimum atomic E-state index is 0.659. The van der Waals surface area contributed by atoms with Gasteiger partial charge in [0.2, 0.25) is 0 Å². The number of hydrogen-bond acceptors (Lipinski definition) is 2. The van der Waals surface area contributed by atoms with Crippen molar-refractivity contribution >= 4 is 23.2 Å². The van der Waals surface area contributed by atoms with E-state index in [9.17, 15) is 0 Å². The summed E-state index contributed by atoms with van der Waals surface area (Å²) in [6.45, 7) is 2.74. The van der Waals surface area contributed by atoms with E-state index in [1.54, 1.807) is 4.68 Å². The third-order valence-electron chi connectivity index (χ3n) is 3.27. The van der Waals surface area contributed by atoms with Gasteiger partial charge in [-0.15, -0.1) is 0 Å². The number of halogens is 2. The van der Waals surface area contributed by atoms with Crippen LogP contribution >= 0.6 is 23.2 Å². The maximum Gasteiger partial charge on any atom is 0.0846 e. The number of aromatic nitrogens is 2. The lowest BCUT2D eigenvalue weighted by Crippen LogP contribution is -2.15. The summed E-state index contributed by atoms with van der Waals surface area (Å²) in [6.07, 6.45) is 4.47. The molecule has 0 bridgehead atoms. The van der Waals surface area contributed by atoms with Crippen molar-refractivity contribution in [2.75, 3.05) is 0 Å². The first-order valence-corrected chi connectivity index (χ1v) is 7.13. The minimum Gasteiger partial charge on any atom is -0.308 e. The smallest absolute Gasteiger partial charge is 0.0846 e. The predicted molar refractivity (Wildman–Crippen MR) is 78.2 cm³/mol. The zero-order valence-electron chi connectivity index (χ0n) is 10.7. The topological polar surface area (TPSA) is 29.9 Å². The number of nitrogens with zero attached hydrogens (tertiary/aromatic N) is 2. The van der Waals surface area contributed by atoms with Crippen LogP contribution in [0.2, 0.25) is 10.0 Å². The Labute approximate surface area is 122 Å². The van der Waals surface area contributed by atoms with E-state index in [0.717, 1.165) is 23.5 Å². The number of rotatable bonds is 4. The molecule has 1 heterocycles. The van der Waals surface area contributed by atoms with Crippen LogP contribution < -0.4 is 5.32 Å². The van der Waals surface area contributed by atoms with Crippen molar-refractivity contribution in [2.45, 2.75) is 32.4 Å². The molecule has 1 aliphatic carbocycles. The van der Waals surface area contributed by atoms with Crippen molar-refractivity contribution in [1.29, 1.82) is 0 Å². The quantitative estimate of drug-likeness (QED) is 0.931. The largest absolute Gasteiger partial charge is 0.308 e. The van der Waals surface area contributed by atoms with Crippen LogP contribution in [0.1, 0.15) is 24.1 Å². The molecule has 1 aromatic heterocycles. The molecule has 3 rings (SSSR count). The first-order chi connectivity index (χ1) is 9.13. The molecule has 0 aliphatic heterocycles. The van der Waals surface area contributed by atoms with Gasteiger partial charge in [0, 0.05) is 23.8 Å². The molecule has 0 unspecified atom stereocenters. The van der Waals surface area contributed by atoms with E-state index in [1.165, 1.54) is 12.8 Å². The van der Waals surface area contributed by atoms with Crippen molar-refractivity contribution in [2.24, 2.45) is 0 Å². The van der Waals surface area contributed by atoms with Gasteiger partial charge in [0.05, 0.1) is 16.4 Å².